The van der Waals surface area contributed by atoms with E-state index in [9.17, 15) is 13.6 Å². The number of anilines is 2. The minimum absolute atomic E-state index is 0. The summed E-state index contributed by atoms with van der Waals surface area (Å²) in [5.74, 6) is -1.02. The van der Waals surface area contributed by atoms with Crippen LogP contribution in [0.15, 0.2) is 43.2 Å². The zero-order valence-corrected chi connectivity index (χ0v) is 27.9. The summed E-state index contributed by atoms with van der Waals surface area (Å²) in [7, 11) is 7.68. The third-order valence-electron chi connectivity index (χ3n) is 5.73. The molecule has 1 aromatic carbocycles. The van der Waals surface area contributed by atoms with Crippen LogP contribution in [0.25, 0.3) is 22.2 Å². The molecule has 222 valence electrons. The number of rotatable bonds is 9. The standard InChI is InChI=1S/C16H25N4O2.C13H7ClF2N3.W/c1-7-14(21)17-13-8-9-15(22-12(2)3)18-16(13)20(6)11-10-19(4)5;1-19-5-8(13-9(14)4-17-6-18-13)7-2-10(15)11(16)3-12(7)19;/h7-8,12H,1,10-11H2,2-6H3,(H,17,21);2-5H,1H3;/q2*-1;+2. The summed E-state index contributed by atoms with van der Waals surface area (Å²) in [6.07, 6.45) is 6.79. The number of halogens is 3. The minimum Gasteiger partial charge on any atom is -0.492 e. The van der Waals surface area contributed by atoms with Crippen LogP contribution < -0.4 is 15.0 Å². The molecule has 3 aromatic heterocycles. The predicted octanol–water partition coefficient (Wildman–Crippen LogP) is 5.16. The number of benzene rings is 1. The number of likely N-dealkylation sites (N-methyl/N-ethyl adjacent to an activating group) is 2. The quantitative estimate of drug-likeness (QED) is 0.186. The average Bonchev–Trinajstić information content (AvgIpc) is 3.23. The summed E-state index contributed by atoms with van der Waals surface area (Å²) in [6.45, 7) is 8.95. The molecule has 4 rings (SSSR count). The molecule has 0 saturated heterocycles. The molecular weight excluding hydrogens is 736 g/mol. The molecule has 0 spiro atoms. The molecule has 0 radical (unpaired) electrons. The van der Waals surface area contributed by atoms with Crippen molar-refractivity contribution in [1.82, 2.24) is 24.4 Å². The van der Waals surface area contributed by atoms with Gasteiger partial charge in [-0.05, 0) is 61.8 Å². The van der Waals surface area contributed by atoms with Crippen molar-refractivity contribution in [3.63, 3.8) is 0 Å². The molecule has 0 aliphatic rings. The van der Waals surface area contributed by atoms with Crippen molar-refractivity contribution in [2.24, 2.45) is 7.05 Å². The average molecular weight is 768 g/mol. The maximum absolute atomic E-state index is 13.4. The topological polar surface area (TPSA) is 88.4 Å². The number of amides is 1. The summed E-state index contributed by atoms with van der Waals surface area (Å²) < 4.78 is 33.9. The SMILES string of the molecule is C=CC(=O)Nc1c[c-]c(OC(C)C)nc1N(C)CCN(C)C.Cn1cc(-c2n[c-]ncc2Cl)c2cc(F)c(F)cc21.[W+2]. The second kappa shape index (κ2) is 15.7. The number of nitrogens with zero attached hydrogens (tertiary/aromatic N) is 6. The molecule has 0 fully saturated rings. The Hall–Kier alpha value is -3.40. The molecule has 13 heteroatoms. The Labute approximate surface area is 263 Å². The largest absolute Gasteiger partial charge is 2.00 e. The molecule has 1 amide bonds. The first-order valence-electron chi connectivity index (χ1n) is 12.6. The van der Waals surface area contributed by atoms with E-state index < -0.39 is 11.6 Å². The van der Waals surface area contributed by atoms with Gasteiger partial charge in [0.25, 0.3) is 0 Å². The first kappa shape index (κ1) is 34.8. The van der Waals surface area contributed by atoms with Gasteiger partial charge in [-0.1, -0.05) is 18.5 Å². The van der Waals surface area contributed by atoms with E-state index in [1.54, 1.807) is 23.9 Å². The van der Waals surface area contributed by atoms with E-state index in [1.165, 1.54) is 12.3 Å². The Morgan fingerprint density at radius 1 is 1.24 bits per heavy atom. The molecular formula is C29H32ClF2N7O2W. The van der Waals surface area contributed by atoms with Crippen molar-refractivity contribution in [1.29, 1.82) is 0 Å². The van der Waals surface area contributed by atoms with Gasteiger partial charge in [-0.2, -0.15) is 6.07 Å². The van der Waals surface area contributed by atoms with E-state index >= 15 is 0 Å². The van der Waals surface area contributed by atoms with Crippen LogP contribution in [0.4, 0.5) is 20.3 Å². The molecule has 1 N–H and O–H groups in total. The van der Waals surface area contributed by atoms with E-state index in [0.717, 1.165) is 25.2 Å². The fourth-order valence-electron chi connectivity index (χ4n) is 3.73. The van der Waals surface area contributed by atoms with Gasteiger partial charge in [-0.15, -0.1) is 11.6 Å². The second-order valence-corrected chi connectivity index (χ2v) is 10.0. The van der Waals surface area contributed by atoms with Gasteiger partial charge < -0.3 is 34.4 Å². The smallest absolute Gasteiger partial charge is 0.492 e. The zero-order chi connectivity index (χ0) is 30.3. The van der Waals surface area contributed by atoms with Crippen LogP contribution in [-0.4, -0.2) is 70.7 Å². The van der Waals surface area contributed by atoms with Crippen LogP contribution in [0.2, 0.25) is 5.02 Å². The number of carbonyl (C=O) groups is 1. The molecule has 0 atom stereocenters. The summed E-state index contributed by atoms with van der Waals surface area (Å²) >= 11 is 6.02. The predicted molar refractivity (Wildman–Crippen MR) is 157 cm³/mol. The second-order valence-electron chi connectivity index (χ2n) is 9.63. The number of aromatic nitrogens is 4. The Balaban J connectivity index is 0.000000289. The number of carbonyl (C=O) groups excluding carboxylic acids is 1. The van der Waals surface area contributed by atoms with Crippen LogP contribution in [0.5, 0.6) is 5.88 Å². The normalized spacial score (nSPS) is 10.6. The number of nitrogens with one attached hydrogen (secondary N) is 1. The Morgan fingerprint density at radius 2 is 1.93 bits per heavy atom. The Morgan fingerprint density at radius 3 is 2.55 bits per heavy atom. The van der Waals surface area contributed by atoms with E-state index in [0.29, 0.717) is 44.6 Å². The Bertz CT molecular complexity index is 1530. The van der Waals surface area contributed by atoms with Crippen molar-refractivity contribution in [2.45, 2.75) is 20.0 Å². The van der Waals surface area contributed by atoms with Crippen molar-refractivity contribution < 1.29 is 39.4 Å². The van der Waals surface area contributed by atoms with Gasteiger partial charge in [-0.25, -0.2) is 19.8 Å². The number of hydrogen-bond donors (Lipinski definition) is 1. The molecule has 4 aromatic rings. The van der Waals surface area contributed by atoms with Crippen LogP contribution in [0, 0.1) is 24.0 Å². The van der Waals surface area contributed by atoms with Crippen molar-refractivity contribution in [3.05, 3.63) is 72.3 Å². The molecule has 3 heterocycles. The summed E-state index contributed by atoms with van der Waals surface area (Å²) in [5, 5.41) is 3.61. The van der Waals surface area contributed by atoms with Gasteiger partial charge in [0, 0.05) is 45.8 Å². The van der Waals surface area contributed by atoms with E-state index in [-0.39, 0.29) is 33.1 Å². The minimum atomic E-state index is -0.908. The van der Waals surface area contributed by atoms with Gasteiger partial charge in [0.05, 0.1) is 17.4 Å². The van der Waals surface area contributed by atoms with E-state index in [4.69, 9.17) is 16.3 Å². The van der Waals surface area contributed by atoms with Gasteiger partial charge in [0.2, 0.25) is 5.91 Å². The molecule has 42 heavy (non-hydrogen) atoms. The number of pyridine rings is 1. The van der Waals surface area contributed by atoms with Gasteiger partial charge in [0.1, 0.15) is 5.88 Å². The summed E-state index contributed by atoms with van der Waals surface area (Å²) in [5.41, 5.74) is 2.19. The van der Waals surface area contributed by atoms with Crippen molar-refractivity contribution in [2.75, 3.05) is 44.4 Å². The van der Waals surface area contributed by atoms with Gasteiger partial charge in [0.15, 0.2) is 11.6 Å². The van der Waals surface area contributed by atoms with Crippen molar-refractivity contribution >= 4 is 39.9 Å². The molecule has 0 aliphatic carbocycles. The molecule has 0 unspecified atom stereocenters. The number of fused-ring (bicyclic) bond motifs is 1. The third-order valence-corrected chi connectivity index (χ3v) is 6.01. The maximum Gasteiger partial charge on any atom is 2.00 e. The van der Waals surface area contributed by atoms with Crippen LogP contribution in [0.1, 0.15) is 13.8 Å². The fraction of sp³-hybridized carbons (Fsp3) is 0.310. The number of aryl methyl sites for hydroxylation is 1. The van der Waals surface area contributed by atoms with Crippen LogP contribution in [-0.2, 0) is 32.9 Å². The van der Waals surface area contributed by atoms with E-state index in [1.807, 2.05) is 39.9 Å². The summed E-state index contributed by atoms with van der Waals surface area (Å²) in [6, 6.07) is 6.90. The number of hydrogen-bond acceptors (Lipinski definition) is 7. The monoisotopic (exact) mass is 767 g/mol. The number of ether oxygens (including phenoxy) is 1. The first-order chi connectivity index (χ1) is 19.4. The molecule has 0 saturated carbocycles. The zero-order valence-electron chi connectivity index (χ0n) is 24.2. The van der Waals surface area contributed by atoms with Crippen LogP contribution >= 0.6 is 11.6 Å². The first-order valence-corrected chi connectivity index (χ1v) is 13.0. The molecule has 9 nitrogen and oxygen atoms in total. The summed E-state index contributed by atoms with van der Waals surface area (Å²) in [4.78, 5) is 27.7. The molecule has 0 aliphatic heterocycles. The molecule has 0 bridgehead atoms. The van der Waals surface area contributed by atoms with E-state index in [2.05, 4.69) is 44.1 Å². The van der Waals surface area contributed by atoms with Gasteiger partial charge >= 0.3 is 21.1 Å². The third kappa shape index (κ3) is 9.05. The van der Waals surface area contributed by atoms with Crippen molar-refractivity contribution in [3.8, 4) is 17.1 Å². The maximum atomic E-state index is 13.4. The van der Waals surface area contributed by atoms with Crippen LogP contribution in [0.3, 0.4) is 0 Å². The van der Waals surface area contributed by atoms with Gasteiger partial charge in [-0.3, -0.25) is 4.79 Å². The Kier molecular flexibility index (Phi) is 13.0. The fourth-order valence-corrected chi connectivity index (χ4v) is 3.92.